The number of amides is 1. The number of rotatable bonds is 4. The highest BCUT2D eigenvalue weighted by Crippen LogP contribution is 2.37. The van der Waals surface area contributed by atoms with Crippen molar-refractivity contribution in [2.24, 2.45) is 0 Å². The van der Waals surface area contributed by atoms with Gasteiger partial charge in [0.2, 0.25) is 5.82 Å². The highest BCUT2D eigenvalue weighted by atomic mass is 35.5. The zero-order valence-corrected chi connectivity index (χ0v) is 12.8. The van der Waals surface area contributed by atoms with E-state index in [9.17, 15) is 4.79 Å². The van der Waals surface area contributed by atoms with Crippen molar-refractivity contribution in [3.63, 3.8) is 0 Å². The summed E-state index contributed by atoms with van der Waals surface area (Å²) >= 11 is 6.00. The van der Waals surface area contributed by atoms with Gasteiger partial charge in [0, 0.05) is 18.0 Å². The average molecular weight is 305 g/mol. The summed E-state index contributed by atoms with van der Waals surface area (Å²) in [6.07, 6.45) is 2.25. The number of carbonyl (C=O) groups is 1. The first-order valence-electron chi connectivity index (χ1n) is 7.01. The molecule has 1 saturated carbocycles. The number of nitrogens with zero attached hydrogens (tertiary/aromatic N) is 3. The van der Waals surface area contributed by atoms with E-state index >= 15 is 0 Å². The van der Waals surface area contributed by atoms with E-state index in [4.69, 9.17) is 11.6 Å². The fourth-order valence-electron chi connectivity index (χ4n) is 2.23. The molecule has 1 N–H and O–H groups in total. The van der Waals surface area contributed by atoms with Crippen LogP contribution >= 0.6 is 11.6 Å². The van der Waals surface area contributed by atoms with Crippen LogP contribution in [0.4, 0.5) is 0 Å². The van der Waals surface area contributed by atoms with E-state index in [0.717, 1.165) is 24.2 Å². The molecule has 1 heterocycles. The van der Waals surface area contributed by atoms with Gasteiger partial charge < -0.3 is 4.90 Å². The average Bonchev–Trinajstić information content (AvgIpc) is 3.22. The number of carbonyl (C=O) groups excluding carboxylic acids is 1. The van der Waals surface area contributed by atoms with Crippen molar-refractivity contribution >= 4 is 17.5 Å². The lowest BCUT2D eigenvalue weighted by molar-refractivity contribution is 0.0730. The van der Waals surface area contributed by atoms with Crippen molar-refractivity contribution < 1.29 is 4.79 Å². The van der Waals surface area contributed by atoms with E-state index in [1.165, 1.54) is 0 Å². The maximum Gasteiger partial charge on any atom is 0.293 e. The molecule has 1 aliphatic rings. The summed E-state index contributed by atoms with van der Waals surface area (Å²) in [5.41, 5.74) is 0.983. The molecule has 1 unspecified atom stereocenters. The Bertz CT molecular complexity index is 665. The molecule has 3 rings (SSSR count). The summed E-state index contributed by atoms with van der Waals surface area (Å²) in [6, 6.07) is 7.41. The van der Waals surface area contributed by atoms with Crippen LogP contribution in [0.3, 0.4) is 0 Å². The van der Waals surface area contributed by atoms with Crippen molar-refractivity contribution in [1.82, 2.24) is 20.1 Å². The SMILES string of the molecule is CC(c1cccc(Cl)c1)N(C)C(=O)c1n[nH]c(C2CC2)n1. The molecule has 1 aromatic carbocycles. The van der Waals surface area contributed by atoms with Crippen LogP contribution in [-0.4, -0.2) is 33.0 Å². The third kappa shape index (κ3) is 2.93. The predicted octanol–water partition coefficient (Wildman–Crippen LogP) is 3.17. The highest BCUT2D eigenvalue weighted by molar-refractivity contribution is 6.30. The maximum absolute atomic E-state index is 12.4. The van der Waals surface area contributed by atoms with E-state index in [2.05, 4.69) is 15.2 Å². The van der Waals surface area contributed by atoms with Gasteiger partial charge in [-0.3, -0.25) is 9.89 Å². The normalized spacial score (nSPS) is 15.8. The Morgan fingerprint density at radius 2 is 2.24 bits per heavy atom. The zero-order chi connectivity index (χ0) is 15.0. The largest absolute Gasteiger partial charge is 0.332 e. The van der Waals surface area contributed by atoms with Gasteiger partial charge in [0.25, 0.3) is 5.91 Å². The summed E-state index contributed by atoms with van der Waals surface area (Å²) < 4.78 is 0. The molecule has 1 amide bonds. The van der Waals surface area contributed by atoms with E-state index in [-0.39, 0.29) is 17.8 Å². The first-order chi connectivity index (χ1) is 10.1. The number of hydrogen-bond acceptors (Lipinski definition) is 3. The minimum atomic E-state index is -0.189. The lowest BCUT2D eigenvalue weighted by atomic mass is 10.1. The highest BCUT2D eigenvalue weighted by Gasteiger charge is 2.29. The van der Waals surface area contributed by atoms with Gasteiger partial charge in [-0.25, -0.2) is 4.98 Å². The Kier molecular flexibility index (Phi) is 3.68. The van der Waals surface area contributed by atoms with Gasteiger partial charge in [-0.2, -0.15) is 0 Å². The molecule has 2 aromatic rings. The molecule has 0 spiro atoms. The van der Waals surface area contributed by atoms with Crippen LogP contribution in [0.15, 0.2) is 24.3 Å². The van der Waals surface area contributed by atoms with Gasteiger partial charge in [-0.1, -0.05) is 23.7 Å². The Morgan fingerprint density at radius 1 is 1.48 bits per heavy atom. The first-order valence-corrected chi connectivity index (χ1v) is 7.39. The summed E-state index contributed by atoms with van der Waals surface area (Å²) in [7, 11) is 1.75. The standard InChI is InChI=1S/C15H17ClN4O/c1-9(11-4-3-5-12(16)8-11)20(2)15(21)14-17-13(18-19-14)10-6-7-10/h3-5,8-10H,6-7H2,1-2H3,(H,17,18,19). The van der Waals surface area contributed by atoms with Gasteiger partial charge in [-0.05, 0) is 37.5 Å². The molecule has 1 aliphatic carbocycles. The number of nitrogens with one attached hydrogen (secondary N) is 1. The van der Waals surface area contributed by atoms with Crippen LogP contribution in [0.2, 0.25) is 5.02 Å². The lowest BCUT2D eigenvalue weighted by Gasteiger charge is -2.24. The van der Waals surface area contributed by atoms with Gasteiger partial charge >= 0.3 is 0 Å². The van der Waals surface area contributed by atoms with Gasteiger partial charge in [0.1, 0.15) is 5.82 Å². The predicted molar refractivity (Wildman–Crippen MR) is 80.3 cm³/mol. The first kappa shape index (κ1) is 14.1. The monoisotopic (exact) mass is 304 g/mol. The lowest BCUT2D eigenvalue weighted by Crippen LogP contribution is -2.30. The molecular weight excluding hydrogens is 288 g/mol. The molecular formula is C15H17ClN4O. The molecule has 6 heteroatoms. The molecule has 1 atom stereocenters. The second-order valence-electron chi connectivity index (χ2n) is 5.47. The molecule has 0 bridgehead atoms. The van der Waals surface area contributed by atoms with Crippen molar-refractivity contribution in [2.45, 2.75) is 31.7 Å². The number of hydrogen-bond donors (Lipinski definition) is 1. The molecule has 5 nitrogen and oxygen atoms in total. The summed E-state index contributed by atoms with van der Waals surface area (Å²) in [5, 5.41) is 7.56. The van der Waals surface area contributed by atoms with Crippen LogP contribution in [0.25, 0.3) is 0 Å². The quantitative estimate of drug-likeness (QED) is 0.943. The van der Waals surface area contributed by atoms with E-state index in [1.54, 1.807) is 11.9 Å². The zero-order valence-electron chi connectivity index (χ0n) is 12.0. The molecule has 110 valence electrons. The minimum absolute atomic E-state index is 0.0981. The fraction of sp³-hybridized carbons (Fsp3) is 0.400. The second-order valence-corrected chi connectivity index (χ2v) is 5.90. The third-order valence-electron chi connectivity index (χ3n) is 3.89. The van der Waals surface area contributed by atoms with Crippen LogP contribution in [0.1, 0.15) is 53.7 Å². The topological polar surface area (TPSA) is 61.9 Å². The van der Waals surface area contributed by atoms with E-state index in [1.807, 2.05) is 31.2 Å². The molecule has 0 aliphatic heterocycles. The van der Waals surface area contributed by atoms with Crippen molar-refractivity contribution in [3.05, 3.63) is 46.5 Å². The van der Waals surface area contributed by atoms with E-state index in [0.29, 0.717) is 10.9 Å². The summed E-state index contributed by atoms with van der Waals surface area (Å²) in [4.78, 5) is 18.4. The van der Waals surface area contributed by atoms with Crippen LogP contribution in [-0.2, 0) is 0 Å². The number of halogens is 1. The Morgan fingerprint density at radius 3 is 2.90 bits per heavy atom. The smallest absolute Gasteiger partial charge is 0.293 e. The third-order valence-corrected chi connectivity index (χ3v) is 4.13. The molecule has 1 fully saturated rings. The van der Waals surface area contributed by atoms with Gasteiger partial charge in [0.15, 0.2) is 0 Å². The Labute approximate surface area is 128 Å². The Hall–Kier alpha value is -1.88. The van der Waals surface area contributed by atoms with Crippen molar-refractivity contribution in [1.29, 1.82) is 0 Å². The van der Waals surface area contributed by atoms with E-state index < -0.39 is 0 Å². The molecule has 1 aromatic heterocycles. The second kappa shape index (κ2) is 5.48. The number of aromatic amines is 1. The van der Waals surface area contributed by atoms with Gasteiger partial charge in [0.05, 0.1) is 6.04 Å². The fourth-order valence-corrected chi connectivity index (χ4v) is 2.43. The maximum atomic E-state index is 12.4. The van der Waals surface area contributed by atoms with Crippen LogP contribution < -0.4 is 0 Å². The minimum Gasteiger partial charge on any atom is -0.332 e. The molecule has 21 heavy (non-hydrogen) atoms. The van der Waals surface area contributed by atoms with Crippen molar-refractivity contribution in [3.8, 4) is 0 Å². The van der Waals surface area contributed by atoms with Crippen molar-refractivity contribution in [2.75, 3.05) is 7.05 Å². The molecule has 0 saturated heterocycles. The Balaban J connectivity index is 1.76. The summed E-state index contributed by atoms with van der Waals surface area (Å²) in [5.74, 6) is 1.32. The number of benzene rings is 1. The number of H-pyrrole nitrogens is 1. The summed E-state index contributed by atoms with van der Waals surface area (Å²) in [6.45, 7) is 1.96. The van der Waals surface area contributed by atoms with Gasteiger partial charge in [-0.15, -0.1) is 5.10 Å². The van der Waals surface area contributed by atoms with Crippen LogP contribution in [0.5, 0.6) is 0 Å². The molecule has 0 radical (unpaired) electrons. The number of aromatic nitrogens is 3. The van der Waals surface area contributed by atoms with Crippen LogP contribution in [0, 0.1) is 0 Å².